The van der Waals surface area contributed by atoms with Gasteiger partial charge in [-0.2, -0.15) is 0 Å². The minimum Gasteiger partial charge on any atom is -0.370 e. The molecular weight excluding hydrogens is 132 g/mol. The van der Waals surface area contributed by atoms with E-state index in [-0.39, 0.29) is 11.9 Å². The summed E-state index contributed by atoms with van der Waals surface area (Å²) in [6, 6.07) is 0. The van der Waals surface area contributed by atoms with Crippen LogP contribution in [0, 0.1) is 0 Å². The average molecular weight is 142 g/mol. The van der Waals surface area contributed by atoms with Crippen molar-refractivity contribution >= 4 is 11.9 Å². The van der Waals surface area contributed by atoms with Gasteiger partial charge in [0, 0.05) is 0 Å². The van der Waals surface area contributed by atoms with Crippen molar-refractivity contribution in [2.45, 2.75) is 12.7 Å². The second-order valence-corrected chi connectivity index (χ2v) is 2.21. The molecule has 6 nitrogen and oxygen atoms in total. The SMILES string of the molecule is CC1(N)N=C(N)NC(N)=N1. The molecule has 1 heterocycles. The van der Waals surface area contributed by atoms with Crippen molar-refractivity contribution in [3.8, 4) is 0 Å². The fraction of sp³-hybridized carbons (Fsp3) is 0.500. The van der Waals surface area contributed by atoms with E-state index in [9.17, 15) is 0 Å². The Kier molecular flexibility index (Phi) is 1.26. The summed E-state index contributed by atoms with van der Waals surface area (Å²) in [5, 5.41) is 2.51. The van der Waals surface area contributed by atoms with Crippen molar-refractivity contribution < 1.29 is 0 Å². The Labute approximate surface area is 58.2 Å². The third-order valence-electron chi connectivity index (χ3n) is 0.950. The lowest BCUT2D eigenvalue weighted by Gasteiger charge is -2.21. The lowest BCUT2D eigenvalue weighted by atomic mass is 10.4. The van der Waals surface area contributed by atoms with Crippen molar-refractivity contribution in [3.05, 3.63) is 0 Å². The lowest BCUT2D eigenvalue weighted by Crippen LogP contribution is -2.51. The Morgan fingerprint density at radius 1 is 1.30 bits per heavy atom. The van der Waals surface area contributed by atoms with Crippen molar-refractivity contribution in [2.24, 2.45) is 27.2 Å². The predicted molar refractivity (Wildman–Crippen MR) is 39.0 cm³/mol. The van der Waals surface area contributed by atoms with Crippen molar-refractivity contribution in [1.29, 1.82) is 0 Å². The summed E-state index contributed by atoms with van der Waals surface area (Å²) in [6.07, 6.45) is 0. The van der Waals surface area contributed by atoms with E-state index < -0.39 is 5.79 Å². The Balaban J connectivity index is 2.88. The van der Waals surface area contributed by atoms with Gasteiger partial charge in [0.25, 0.3) is 0 Å². The molecule has 0 spiro atoms. The third-order valence-corrected chi connectivity index (χ3v) is 0.950. The maximum Gasteiger partial charge on any atom is 0.206 e. The van der Waals surface area contributed by atoms with Gasteiger partial charge in [0.05, 0.1) is 0 Å². The summed E-state index contributed by atoms with van der Waals surface area (Å²) in [7, 11) is 0. The third kappa shape index (κ3) is 1.35. The van der Waals surface area contributed by atoms with E-state index in [4.69, 9.17) is 17.2 Å². The van der Waals surface area contributed by atoms with Gasteiger partial charge in [0.2, 0.25) is 5.79 Å². The van der Waals surface area contributed by atoms with Crippen LogP contribution in [0.4, 0.5) is 0 Å². The average Bonchev–Trinajstić information content (AvgIpc) is 1.54. The topological polar surface area (TPSA) is 115 Å². The summed E-state index contributed by atoms with van der Waals surface area (Å²) >= 11 is 0. The predicted octanol–water partition coefficient (Wildman–Crippen LogP) is -2.15. The van der Waals surface area contributed by atoms with E-state index in [0.717, 1.165) is 0 Å². The molecule has 56 valence electrons. The maximum atomic E-state index is 5.48. The Bertz CT molecular complexity index is 182. The van der Waals surface area contributed by atoms with Crippen LogP contribution < -0.4 is 22.5 Å². The minimum absolute atomic E-state index is 0.192. The van der Waals surface area contributed by atoms with Gasteiger partial charge in [0.15, 0.2) is 11.9 Å². The first-order valence-electron chi connectivity index (χ1n) is 2.76. The van der Waals surface area contributed by atoms with Crippen molar-refractivity contribution in [1.82, 2.24) is 5.32 Å². The van der Waals surface area contributed by atoms with Crippen molar-refractivity contribution in [2.75, 3.05) is 0 Å². The van der Waals surface area contributed by atoms with Crippen LogP contribution in [0.15, 0.2) is 9.98 Å². The summed E-state index contributed by atoms with van der Waals surface area (Å²) in [5.41, 5.74) is 16.1. The number of nitrogens with two attached hydrogens (primary N) is 3. The quantitative estimate of drug-likeness (QED) is 0.308. The monoisotopic (exact) mass is 142 g/mol. The molecule has 1 aliphatic rings. The second-order valence-electron chi connectivity index (χ2n) is 2.21. The van der Waals surface area contributed by atoms with Crippen LogP contribution in [-0.2, 0) is 0 Å². The molecule has 0 aromatic heterocycles. The number of nitrogens with zero attached hydrogens (tertiary/aromatic N) is 2. The second kappa shape index (κ2) is 1.84. The molecule has 1 aliphatic heterocycles. The number of hydrogen-bond donors (Lipinski definition) is 4. The fourth-order valence-electron chi connectivity index (χ4n) is 0.700. The standard InChI is InChI=1S/C4H10N6/c1-4(7)9-2(5)8-3(6)10-4/h7H2,1H3,(H5,5,6,8,9,10). The number of aliphatic imine (C=N–C) groups is 2. The molecule has 0 unspecified atom stereocenters. The highest BCUT2D eigenvalue weighted by Crippen LogP contribution is 2.04. The number of nitrogens with one attached hydrogen (secondary N) is 1. The molecule has 0 radical (unpaired) electrons. The molecule has 0 aliphatic carbocycles. The van der Waals surface area contributed by atoms with Crippen LogP contribution in [0.5, 0.6) is 0 Å². The number of hydrogen-bond acceptors (Lipinski definition) is 6. The van der Waals surface area contributed by atoms with Crippen LogP contribution in [0.1, 0.15) is 6.92 Å². The molecule has 0 aromatic rings. The molecule has 0 saturated heterocycles. The van der Waals surface area contributed by atoms with E-state index in [0.29, 0.717) is 0 Å². The van der Waals surface area contributed by atoms with Gasteiger partial charge in [-0.3, -0.25) is 11.1 Å². The van der Waals surface area contributed by atoms with Crippen LogP contribution in [-0.4, -0.2) is 17.7 Å². The van der Waals surface area contributed by atoms with Crippen LogP contribution in [0.2, 0.25) is 0 Å². The normalized spacial score (nSPS) is 22.6. The molecule has 0 atom stereocenters. The largest absolute Gasteiger partial charge is 0.370 e. The summed E-state index contributed by atoms with van der Waals surface area (Å²) in [6.45, 7) is 1.60. The molecule has 10 heavy (non-hydrogen) atoms. The van der Waals surface area contributed by atoms with Crippen LogP contribution in [0.25, 0.3) is 0 Å². The summed E-state index contributed by atoms with van der Waals surface area (Å²) in [4.78, 5) is 7.52. The smallest absolute Gasteiger partial charge is 0.206 e. The van der Waals surface area contributed by atoms with Gasteiger partial charge >= 0.3 is 0 Å². The van der Waals surface area contributed by atoms with Gasteiger partial charge in [0.1, 0.15) is 0 Å². The Morgan fingerprint density at radius 3 is 2.00 bits per heavy atom. The minimum atomic E-state index is -1.01. The molecule has 0 aromatic carbocycles. The van der Waals surface area contributed by atoms with Gasteiger partial charge in [-0.25, -0.2) is 9.98 Å². The zero-order chi connectivity index (χ0) is 7.78. The van der Waals surface area contributed by atoms with E-state index in [1.54, 1.807) is 6.92 Å². The van der Waals surface area contributed by atoms with E-state index in [1.807, 2.05) is 0 Å². The molecule has 6 heteroatoms. The zero-order valence-corrected chi connectivity index (χ0v) is 5.63. The molecule has 1 rings (SSSR count). The van der Waals surface area contributed by atoms with Crippen LogP contribution >= 0.6 is 0 Å². The van der Waals surface area contributed by atoms with Crippen molar-refractivity contribution in [3.63, 3.8) is 0 Å². The number of guanidine groups is 2. The molecule has 0 fully saturated rings. The van der Waals surface area contributed by atoms with E-state index in [1.165, 1.54) is 0 Å². The highest BCUT2D eigenvalue weighted by Gasteiger charge is 2.20. The molecule has 7 N–H and O–H groups in total. The molecule has 0 saturated carbocycles. The van der Waals surface area contributed by atoms with E-state index in [2.05, 4.69) is 15.3 Å². The first-order valence-corrected chi connectivity index (χ1v) is 2.76. The van der Waals surface area contributed by atoms with Gasteiger partial charge < -0.3 is 11.5 Å². The zero-order valence-electron chi connectivity index (χ0n) is 5.63. The van der Waals surface area contributed by atoms with E-state index >= 15 is 0 Å². The Morgan fingerprint density at radius 2 is 1.70 bits per heavy atom. The van der Waals surface area contributed by atoms with Crippen LogP contribution in [0.3, 0.4) is 0 Å². The molecular formula is C4H10N6. The summed E-state index contributed by atoms with van der Waals surface area (Å²) in [5.74, 6) is -0.630. The lowest BCUT2D eigenvalue weighted by molar-refractivity contribution is 0.510. The summed E-state index contributed by atoms with van der Waals surface area (Å²) < 4.78 is 0. The Hall–Kier alpha value is -1.30. The molecule has 0 amide bonds. The first kappa shape index (κ1) is 6.81. The van der Waals surface area contributed by atoms with Gasteiger partial charge in [-0.15, -0.1) is 0 Å². The van der Waals surface area contributed by atoms with Gasteiger partial charge in [-0.05, 0) is 6.92 Å². The molecule has 0 bridgehead atoms. The highest BCUT2D eigenvalue weighted by molar-refractivity contribution is 5.98. The van der Waals surface area contributed by atoms with Gasteiger partial charge in [-0.1, -0.05) is 0 Å². The fourth-order valence-corrected chi connectivity index (χ4v) is 0.700. The number of rotatable bonds is 0. The highest BCUT2D eigenvalue weighted by atomic mass is 15.3. The maximum absolute atomic E-state index is 5.48. The first-order chi connectivity index (χ1) is 4.49.